The molecule has 0 bridgehead atoms. The molecule has 2 aromatic carbocycles. The minimum atomic E-state index is 0.0648. The van der Waals surface area contributed by atoms with E-state index < -0.39 is 0 Å². The number of aryl methyl sites for hydroxylation is 4. The first-order valence-corrected chi connectivity index (χ1v) is 11.5. The molecule has 30 heavy (non-hydrogen) atoms. The topological polar surface area (TPSA) is 17.3 Å². The second-order valence-electron chi connectivity index (χ2n) is 9.29. The van der Waals surface area contributed by atoms with Gasteiger partial charge in [-0.2, -0.15) is 0 Å². The molecule has 0 atom stereocenters. The van der Waals surface area contributed by atoms with Gasteiger partial charge in [-0.25, -0.2) is 4.98 Å². The predicted molar refractivity (Wildman–Crippen MR) is 133 cm³/mol. The van der Waals surface area contributed by atoms with Gasteiger partial charge in [0, 0.05) is 16.5 Å². The number of imidazole rings is 1. The van der Waals surface area contributed by atoms with Crippen molar-refractivity contribution >= 4 is 27.3 Å². The van der Waals surface area contributed by atoms with Crippen molar-refractivity contribution in [3.05, 3.63) is 58.4 Å². The van der Waals surface area contributed by atoms with Crippen molar-refractivity contribution in [3.63, 3.8) is 0 Å². The van der Waals surface area contributed by atoms with Gasteiger partial charge in [0.2, 0.25) is 0 Å². The van der Waals surface area contributed by atoms with Gasteiger partial charge < -0.3 is 0 Å². The maximum Gasteiger partial charge on any atom is 0.145 e. The van der Waals surface area contributed by atoms with Gasteiger partial charge in [-0.3, -0.25) is 4.40 Å². The third kappa shape index (κ3) is 3.31. The summed E-state index contributed by atoms with van der Waals surface area (Å²) in [5.74, 6) is 0.535. The van der Waals surface area contributed by atoms with Crippen LogP contribution in [0.1, 0.15) is 76.5 Å². The largest absolute Gasteiger partial charge is 0.296 e. The molecular formula is C28H38N2. The zero-order valence-corrected chi connectivity index (χ0v) is 20.6. The number of hydrogen-bond donors (Lipinski definition) is 0. The number of rotatable bonds is 3. The molecule has 0 N–H and O–H groups in total. The summed E-state index contributed by atoms with van der Waals surface area (Å²) in [5.41, 5.74) is 8.95. The van der Waals surface area contributed by atoms with E-state index in [0.29, 0.717) is 5.92 Å². The first-order valence-electron chi connectivity index (χ1n) is 11.5. The summed E-state index contributed by atoms with van der Waals surface area (Å²) < 4.78 is 2.43. The minimum absolute atomic E-state index is 0.0648. The first kappa shape index (κ1) is 22.3. The van der Waals surface area contributed by atoms with E-state index in [4.69, 9.17) is 4.98 Å². The van der Waals surface area contributed by atoms with Crippen molar-refractivity contribution in [2.75, 3.05) is 0 Å². The van der Waals surface area contributed by atoms with E-state index in [1.54, 1.807) is 0 Å². The molecule has 4 aromatic rings. The van der Waals surface area contributed by atoms with Crippen molar-refractivity contribution in [1.82, 2.24) is 9.38 Å². The van der Waals surface area contributed by atoms with Gasteiger partial charge >= 0.3 is 0 Å². The van der Waals surface area contributed by atoms with Crippen LogP contribution >= 0.6 is 0 Å². The molecule has 0 aliphatic heterocycles. The Labute approximate surface area is 182 Å². The maximum atomic E-state index is 5.12. The lowest BCUT2D eigenvalue weighted by molar-refractivity contribution is 0.375. The molecule has 0 amide bonds. The van der Waals surface area contributed by atoms with E-state index in [1.165, 1.54) is 44.1 Å². The molecule has 0 aliphatic rings. The molecule has 2 heterocycles. The zero-order valence-electron chi connectivity index (χ0n) is 20.6. The summed E-state index contributed by atoms with van der Waals surface area (Å²) in [4.78, 5) is 5.12. The molecule has 0 saturated carbocycles. The highest BCUT2D eigenvalue weighted by molar-refractivity contribution is 6.13. The average molecular weight is 403 g/mol. The van der Waals surface area contributed by atoms with Crippen molar-refractivity contribution < 1.29 is 0 Å². The van der Waals surface area contributed by atoms with Crippen molar-refractivity contribution in [1.29, 1.82) is 0 Å². The molecule has 2 heteroatoms. The molecule has 2 nitrogen and oxygen atoms in total. The number of fused-ring (bicyclic) bond motifs is 6. The van der Waals surface area contributed by atoms with Crippen LogP contribution in [0.15, 0.2) is 30.3 Å². The lowest BCUT2D eigenvalue weighted by Gasteiger charge is -2.32. The fraction of sp³-hybridized carbons (Fsp3) is 0.464. The van der Waals surface area contributed by atoms with Crippen LogP contribution in [0.25, 0.3) is 27.3 Å². The Hall–Kier alpha value is -2.35. The van der Waals surface area contributed by atoms with Gasteiger partial charge in [0.05, 0.1) is 11.2 Å². The fourth-order valence-corrected chi connectivity index (χ4v) is 4.52. The standard InChI is InChI=1S/C26H32N2.C2H6/c1-9-22-18(6)27-25-24-20(19-11-10-16(4)14-23(19)28(22)25)12-17(5)13-21(24)26(7,8)15(2)3;1-2/h10-15H,9H2,1-8H3;1-2H3. The summed E-state index contributed by atoms with van der Waals surface area (Å²) in [6.45, 7) is 22.2. The third-order valence-electron chi connectivity index (χ3n) is 6.84. The van der Waals surface area contributed by atoms with Crippen LogP contribution in [0.4, 0.5) is 0 Å². The maximum absolute atomic E-state index is 5.12. The summed E-state index contributed by atoms with van der Waals surface area (Å²) in [6, 6.07) is 11.6. The van der Waals surface area contributed by atoms with E-state index in [2.05, 4.69) is 90.1 Å². The summed E-state index contributed by atoms with van der Waals surface area (Å²) in [6.07, 6.45) is 0.982. The van der Waals surface area contributed by atoms with E-state index >= 15 is 0 Å². The van der Waals surface area contributed by atoms with Crippen LogP contribution < -0.4 is 0 Å². The lowest BCUT2D eigenvalue weighted by atomic mass is 9.73. The highest BCUT2D eigenvalue weighted by Crippen LogP contribution is 2.41. The molecule has 2 aromatic heterocycles. The van der Waals surface area contributed by atoms with Crippen molar-refractivity contribution in [2.24, 2.45) is 5.92 Å². The molecule has 0 fully saturated rings. The molecule has 4 rings (SSSR count). The third-order valence-corrected chi connectivity index (χ3v) is 6.84. The van der Waals surface area contributed by atoms with Gasteiger partial charge in [0.15, 0.2) is 0 Å². The number of nitrogens with zero attached hydrogens (tertiary/aromatic N) is 2. The minimum Gasteiger partial charge on any atom is -0.296 e. The fourth-order valence-electron chi connectivity index (χ4n) is 4.52. The van der Waals surface area contributed by atoms with E-state index in [9.17, 15) is 0 Å². The Morgan fingerprint density at radius 1 is 0.933 bits per heavy atom. The van der Waals surface area contributed by atoms with Crippen molar-refractivity contribution in [3.8, 4) is 0 Å². The van der Waals surface area contributed by atoms with Crippen LogP contribution in [-0.2, 0) is 11.8 Å². The molecule has 160 valence electrons. The van der Waals surface area contributed by atoms with Crippen LogP contribution in [0.3, 0.4) is 0 Å². The highest BCUT2D eigenvalue weighted by Gasteiger charge is 2.29. The van der Waals surface area contributed by atoms with E-state index in [1.807, 2.05) is 13.8 Å². The van der Waals surface area contributed by atoms with Crippen LogP contribution in [0.5, 0.6) is 0 Å². The molecule has 0 saturated heterocycles. The Morgan fingerprint density at radius 3 is 2.20 bits per heavy atom. The second-order valence-corrected chi connectivity index (χ2v) is 9.29. The van der Waals surface area contributed by atoms with E-state index in [-0.39, 0.29) is 5.41 Å². The smallest absolute Gasteiger partial charge is 0.145 e. The van der Waals surface area contributed by atoms with Crippen molar-refractivity contribution in [2.45, 2.75) is 81.1 Å². The molecule has 0 spiro atoms. The normalized spacial score (nSPS) is 12.1. The lowest BCUT2D eigenvalue weighted by Crippen LogP contribution is -2.25. The summed E-state index contributed by atoms with van der Waals surface area (Å²) in [5, 5.41) is 3.98. The molecule has 0 unspecified atom stereocenters. The predicted octanol–water partition coefficient (Wildman–Crippen LogP) is 8.09. The Bertz CT molecular complexity index is 1220. The summed E-state index contributed by atoms with van der Waals surface area (Å²) >= 11 is 0. The van der Waals surface area contributed by atoms with Crippen LogP contribution in [0.2, 0.25) is 0 Å². The second kappa shape index (κ2) is 8.06. The van der Waals surface area contributed by atoms with Crippen LogP contribution in [0, 0.1) is 26.7 Å². The number of pyridine rings is 1. The van der Waals surface area contributed by atoms with Gasteiger partial charge in [0.1, 0.15) is 5.65 Å². The number of aromatic nitrogens is 2. The SMILES string of the molecule is CC.CCc1c(C)nc2c3c(C(C)(C)C(C)C)cc(C)cc3c3ccc(C)cc3n12. The van der Waals surface area contributed by atoms with Gasteiger partial charge in [-0.05, 0) is 61.1 Å². The van der Waals surface area contributed by atoms with Crippen LogP contribution in [-0.4, -0.2) is 9.38 Å². The van der Waals surface area contributed by atoms with Gasteiger partial charge in [0.25, 0.3) is 0 Å². The zero-order chi connectivity index (χ0) is 22.4. The van der Waals surface area contributed by atoms with Gasteiger partial charge in [-0.15, -0.1) is 0 Å². The monoisotopic (exact) mass is 402 g/mol. The first-order chi connectivity index (χ1) is 14.2. The molecular weight excluding hydrogens is 364 g/mol. The Kier molecular flexibility index (Phi) is 6.00. The highest BCUT2D eigenvalue weighted by atomic mass is 15.0. The Morgan fingerprint density at radius 2 is 1.60 bits per heavy atom. The average Bonchev–Trinajstić information content (AvgIpc) is 3.04. The quantitative estimate of drug-likeness (QED) is 0.316. The molecule has 0 radical (unpaired) electrons. The number of hydrogen-bond acceptors (Lipinski definition) is 1. The number of benzene rings is 2. The Balaban J connectivity index is 0.00000124. The summed E-state index contributed by atoms with van der Waals surface area (Å²) in [7, 11) is 0. The van der Waals surface area contributed by atoms with E-state index in [0.717, 1.165) is 17.8 Å². The van der Waals surface area contributed by atoms with Gasteiger partial charge in [-0.1, -0.05) is 78.3 Å². The molecule has 0 aliphatic carbocycles.